The van der Waals surface area contributed by atoms with Gasteiger partial charge in [-0.3, -0.25) is 4.99 Å². The molecule has 0 bridgehead atoms. The molecule has 2 atom stereocenters. The third kappa shape index (κ3) is 2.18. The van der Waals surface area contributed by atoms with Crippen molar-refractivity contribution in [1.29, 1.82) is 0 Å². The molecule has 1 aliphatic heterocycles. The number of rotatable bonds is 2. The molecule has 1 heterocycles. The Morgan fingerprint density at radius 2 is 2.00 bits per heavy atom. The quantitative estimate of drug-likeness (QED) is 0.826. The standard InChI is InChI=1S/C11H11F3N2/c12-10(11(13)14)9-6-15-5-7-3-1-2-4-8(7)16-9/h1-5,9-11,16H,6H2. The first-order chi connectivity index (χ1) is 7.68. The number of alkyl halides is 3. The van der Waals surface area contributed by atoms with Gasteiger partial charge in [-0.15, -0.1) is 0 Å². The summed E-state index contributed by atoms with van der Waals surface area (Å²) in [6.45, 7) is 0.0141. The van der Waals surface area contributed by atoms with Crippen LogP contribution in [0.25, 0.3) is 0 Å². The molecule has 16 heavy (non-hydrogen) atoms. The second kappa shape index (κ2) is 4.55. The molecule has 0 aliphatic carbocycles. The normalized spacial score (nSPS) is 21.1. The summed E-state index contributed by atoms with van der Waals surface area (Å²) in [5.41, 5.74) is 1.42. The second-order valence-electron chi connectivity index (χ2n) is 3.61. The summed E-state index contributed by atoms with van der Waals surface area (Å²) in [7, 11) is 0. The molecule has 0 fully saturated rings. The van der Waals surface area contributed by atoms with Crippen molar-refractivity contribution < 1.29 is 13.2 Å². The summed E-state index contributed by atoms with van der Waals surface area (Å²) >= 11 is 0. The first kappa shape index (κ1) is 11.0. The topological polar surface area (TPSA) is 24.4 Å². The van der Waals surface area contributed by atoms with E-state index < -0.39 is 18.6 Å². The molecule has 5 heteroatoms. The minimum absolute atomic E-state index is 0.0141. The molecule has 1 aromatic rings. The van der Waals surface area contributed by atoms with Crippen LogP contribution in [0.5, 0.6) is 0 Å². The van der Waals surface area contributed by atoms with Crippen molar-refractivity contribution >= 4 is 11.9 Å². The van der Waals surface area contributed by atoms with Gasteiger partial charge in [0.2, 0.25) is 0 Å². The predicted octanol–water partition coefficient (Wildman–Crippen LogP) is 2.50. The van der Waals surface area contributed by atoms with Gasteiger partial charge in [-0.05, 0) is 6.07 Å². The highest BCUT2D eigenvalue weighted by Gasteiger charge is 2.30. The van der Waals surface area contributed by atoms with Crippen LogP contribution in [-0.4, -0.2) is 31.4 Å². The first-order valence-electron chi connectivity index (χ1n) is 4.96. The second-order valence-corrected chi connectivity index (χ2v) is 3.61. The number of benzene rings is 1. The van der Waals surface area contributed by atoms with Crippen LogP contribution in [-0.2, 0) is 0 Å². The van der Waals surface area contributed by atoms with E-state index in [4.69, 9.17) is 0 Å². The van der Waals surface area contributed by atoms with Gasteiger partial charge in [0.05, 0.1) is 12.6 Å². The smallest absolute Gasteiger partial charge is 0.271 e. The molecule has 0 amide bonds. The Labute approximate surface area is 91.2 Å². The van der Waals surface area contributed by atoms with Gasteiger partial charge >= 0.3 is 0 Å². The monoisotopic (exact) mass is 228 g/mol. The lowest BCUT2D eigenvalue weighted by molar-refractivity contribution is 0.0410. The molecular weight excluding hydrogens is 217 g/mol. The highest BCUT2D eigenvalue weighted by Crippen LogP contribution is 2.21. The van der Waals surface area contributed by atoms with E-state index in [2.05, 4.69) is 10.3 Å². The number of aliphatic imine (C=N–C) groups is 1. The third-order valence-electron chi connectivity index (χ3n) is 2.46. The fourth-order valence-electron chi connectivity index (χ4n) is 1.61. The Morgan fingerprint density at radius 1 is 1.25 bits per heavy atom. The lowest BCUT2D eigenvalue weighted by atomic mass is 10.1. The highest BCUT2D eigenvalue weighted by molar-refractivity contribution is 5.88. The van der Waals surface area contributed by atoms with Crippen LogP contribution < -0.4 is 5.32 Å². The van der Waals surface area contributed by atoms with Gasteiger partial charge in [-0.25, -0.2) is 13.2 Å². The van der Waals surface area contributed by atoms with E-state index in [1.165, 1.54) is 0 Å². The van der Waals surface area contributed by atoms with E-state index >= 15 is 0 Å². The number of nitrogens with zero attached hydrogens (tertiary/aromatic N) is 1. The van der Waals surface area contributed by atoms with Gasteiger partial charge in [-0.2, -0.15) is 0 Å². The number of hydrogen-bond acceptors (Lipinski definition) is 2. The molecule has 0 saturated heterocycles. The fraction of sp³-hybridized carbons (Fsp3) is 0.364. The van der Waals surface area contributed by atoms with Gasteiger partial charge < -0.3 is 5.32 Å². The van der Waals surface area contributed by atoms with Crippen molar-refractivity contribution in [2.24, 2.45) is 4.99 Å². The Balaban J connectivity index is 2.21. The fourth-order valence-corrected chi connectivity index (χ4v) is 1.61. The lowest BCUT2D eigenvalue weighted by Gasteiger charge is -2.20. The summed E-state index contributed by atoms with van der Waals surface area (Å²) < 4.78 is 37.7. The van der Waals surface area contributed by atoms with E-state index in [0.717, 1.165) is 5.56 Å². The van der Waals surface area contributed by atoms with Crippen LogP contribution >= 0.6 is 0 Å². The number of hydrogen-bond donors (Lipinski definition) is 1. The van der Waals surface area contributed by atoms with Crippen LogP contribution in [0, 0.1) is 0 Å². The van der Waals surface area contributed by atoms with E-state index in [-0.39, 0.29) is 6.54 Å². The molecule has 86 valence electrons. The number of fused-ring (bicyclic) bond motifs is 1. The van der Waals surface area contributed by atoms with Crippen LogP contribution in [0.3, 0.4) is 0 Å². The maximum Gasteiger partial charge on any atom is 0.271 e. The maximum atomic E-state index is 13.2. The summed E-state index contributed by atoms with van der Waals surface area (Å²) in [6, 6.07) is 6.12. The molecule has 2 nitrogen and oxygen atoms in total. The average molecular weight is 228 g/mol. The van der Waals surface area contributed by atoms with Crippen molar-refractivity contribution in [3.8, 4) is 0 Å². The molecule has 2 unspecified atom stereocenters. The van der Waals surface area contributed by atoms with Crippen LogP contribution in [0.1, 0.15) is 5.56 Å². The molecule has 1 aliphatic rings. The zero-order chi connectivity index (χ0) is 11.5. The van der Waals surface area contributed by atoms with Gasteiger partial charge in [-0.1, -0.05) is 18.2 Å². The molecule has 1 aromatic carbocycles. The molecule has 0 spiro atoms. The zero-order valence-electron chi connectivity index (χ0n) is 8.41. The number of para-hydroxylation sites is 1. The SMILES string of the molecule is FC(F)C(F)C1CN=Cc2ccccc2N1. The molecule has 0 radical (unpaired) electrons. The summed E-state index contributed by atoms with van der Waals surface area (Å²) in [5.74, 6) is 0. The summed E-state index contributed by atoms with van der Waals surface area (Å²) in [6.07, 6.45) is -3.62. The minimum Gasteiger partial charge on any atom is -0.377 e. The summed E-state index contributed by atoms with van der Waals surface area (Å²) in [4.78, 5) is 3.94. The van der Waals surface area contributed by atoms with Gasteiger partial charge in [0, 0.05) is 17.5 Å². The van der Waals surface area contributed by atoms with Crippen molar-refractivity contribution in [2.45, 2.75) is 18.6 Å². The summed E-state index contributed by atoms with van der Waals surface area (Å²) in [5, 5.41) is 2.76. The number of benzodiazepines with no additional fused rings is 1. The van der Waals surface area contributed by atoms with Crippen LogP contribution in [0.2, 0.25) is 0 Å². The Hall–Kier alpha value is -1.52. The van der Waals surface area contributed by atoms with Crippen molar-refractivity contribution in [2.75, 3.05) is 11.9 Å². The first-order valence-corrected chi connectivity index (χ1v) is 4.96. The van der Waals surface area contributed by atoms with Gasteiger partial charge in [0.25, 0.3) is 6.43 Å². The molecule has 0 saturated carbocycles. The van der Waals surface area contributed by atoms with Crippen molar-refractivity contribution in [3.63, 3.8) is 0 Å². The largest absolute Gasteiger partial charge is 0.377 e. The maximum absolute atomic E-state index is 13.2. The highest BCUT2D eigenvalue weighted by atomic mass is 19.3. The van der Waals surface area contributed by atoms with E-state index in [0.29, 0.717) is 5.69 Å². The van der Waals surface area contributed by atoms with E-state index in [9.17, 15) is 13.2 Å². The predicted molar refractivity (Wildman–Crippen MR) is 57.2 cm³/mol. The third-order valence-corrected chi connectivity index (χ3v) is 2.46. The molecule has 0 aromatic heterocycles. The van der Waals surface area contributed by atoms with Crippen LogP contribution in [0.15, 0.2) is 29.3 Å². The minimum atomic E-state index is -2.99. The van der Waals surface area contributed by atoms with Crippen molar-refractivity contribution in [3.05, 3.63) is 29.8 Å². The van der Waals surface area contributed by atoms with Gasteiger partial charge in [0.15, 0.2) is 6.17 Å². The van der Waals surface area contributed by atoms with E-state index in [1.54, 1.807) is 24.4 Å². The molecule has 1 N–H and O–H groups in total. The zero-order valence-corrected chi connectivity index (χ0v) is 8.41. The number of nitrogens with one attached hydrogen (secondary N) is 1. The molecule has 2 rings (SSSR count). The van der Waals surface area contributed by atoms with Crippen molar-refractivity contribution in [1.82, 2.24) is 0 Å². The van der Waals surface area contributed by atoms with E-state index in [1.807, 2.05) is 6.07 Å². The Bertz CT molecular complexity index is 393. The number of anilines is 1. The molecular formula is C11H11F3N2. The average Bonchev–Trinajstić information content (AvgIpc) is 2.49. The lowest BCUT2D eigenvalue weighted by Crippen LogP contribution is -2.37. The Morgan fingerprint density at radius 3 is 2.75 bits per heavy atom. The Kier molecular flexibility index (Phi) is 3.12. The van der Waals surface area contributed by atoms with Crippen LogP contribution in [0.4, 0.5) is 18.9 Å². The van der Waals surface area contributed by atoms with Gasteiger partial charge in [0.1, 0.15) is 0 Å². The number of halogens is 3.